The van der Waals surface area contributed by atoms with E-state index in [9.17, 15) is 9.18 Å². The lowest BCUT2D eigenvalue weighted by molar-refractivity contribution is -0.116. The van der Waals surface area contributed by atoms with Crippen LogP contribution in [0.2, 0.25) is 0 Å². The lowest BCUT2D eigenvalue weighted by atomic mass is 9.96. The average molecular weight is 497 g/mol. The first kappa shape index (κ1) is 23.8. The first-order chi connectivity index (χ1) is 17.1. The Bertz CT molecular complexity index is 1170. The number of amides is 1. The lowest BCUT2D eigenvalue weighted by Crippen LogP contribution is -2.43. The SMILES string of the molecule is C[C@H]1CCc2cc(F)ccc2N1C(=O)CSc1nnc(COc2ccccc2)n1C[C@@H]1CCCO1. The zero-order valence-electron chi connectivity index (χ0n) is 19.7. The van der Waals surface area contributed by atoms with Gasteiger partial charge in [0.2, 0.25) is 5.91 Å². The van der Waals surface area contributed by atoms with E-state index in [0.717, 1.165) is 49.3 Å². The van der Waals surface area contributed by atoms with Crippen LogP contribution in [0.1, 0.15) is 37.6 Å². The Morgan fingerprint density at radius 3 is 2.86 bits per heavy atom. The Labute approximate surface area is 208 Å². The summed E-state index contributed by atoms with van der Waals surface area (Å²) in [7, 11) is 0. The number of para-hydroxylation sites is 1. The number of ether oxygens (including phenoxy) is 2. The Kier molecular flexibility index (Phi) is 7.34. The molecule has 1 aromatic heterocycles. The molecule has 2 aliphatic heterocycles. The zero-order chi connectivity index (χ0) is 24.2. The maximum Gasteiger partial charge on any atom is 0.237 e. The molecule has 2 aliphatic rings. The van der Waals surface area contributed by atoms with Crippen LogP contribution in [-0.2, 0) is 29.1 Å². The van der Waals surface area contributed by atoms with Crippen molar-refractivity contribution in [3.63, 3.8) is 0 Å². The van der Waals surface area contributed by atoms with Gasteiger partial charge < -0.3 is 18.9 Å². The number of rotatable bonds is 8. The molecular weight excluding hydrogens is 467 g/mol. The van der Waals surface area contributed by atoms with Gasteiger partial charge in [-0.1, -0.05) is 30.0 Å². The quantitative estimate of drug-likeness (QED) is 0.424. The number of aryl methyl sites for hydroxylation is 1. The summed E-state index contributed by atoms with van der Waals surface area (Å²) in [5, 5.41) is 9.42. The van der Waals surface area contributed by atoms with Gasteiger partial charge in [-0.05, 0) is 68.5 Å². The zero-order valence-corrected chi connectivity index (χ0v) is 20.5. The first-order valence-corrected chi connectivity index (χ1v) is 13.0. The van der Waals surface area contributed by atoms with Crippen LogP contribution in [0.3, 0.4) is 0 Å². The molecule has 0 saturated carbocycles. The smallest absolute Gasteiger partial charge is 0.237 e. The summed E-state index contributed by atoms with van der Waals surface area (Å²) in [5.74, 6) is 1.38. The Hall–Kier alpha value is -2.91. The van der Waals surface area contributed by atoms with E-state index >= 15 is 0 Å². The minimum atomic E-state index is -0.271. The fourth-order valence-corrected chi connectivity index (χ4v) is 5.49. The molecule has 35 heavy (non-hydrogen) atoms. The molecule has 9 heteroatoms. The summed E-state index contributed by atoms with van der Waals surface area (Å²) < 4.78 is 27.5. The molecule has 3 heterocycles. The van der Waals surface area contributed by atoms with E-state index < -0.39 is 0 Å². The summed E-state index contributed by atoms with van der Waals surface area (Å²) in [6.07, 6.45) is 3.70. The van der Waals surface area contributed by atoms with Gasteiger partial charge in [0.1, 0.15) is 18.2 Å². The standard InChI is InChI=1S/C26H29FN4O3S/c1-18-9-10-19-14-20(27)11-12-23(19)31(18)25(32)17-35-26-29-28-24(16-34-21-6-3-2-4-7-21)30(26)15-22-8-5-13-33-22/h2-4,6-7,11-12,14,18,22H,5,8-10,13,15-17H2,1H3/t18-,22-/m0/s1. The van der Waals surface area contributed by atoms with Crippen molar-refractivity contribution < 1.29 is 18.7 Å². The van der Waals surface area contributed by atoms with Crippen LogP contribution < -0.4 is 9.64 Å². The molecule has 0 N–H and O–H groups in total. The van der Waals surface area contributed by atoms with Crippen LogP contribution in [0.15, 0.2) is 53.7 Å². The number of hydrogen-bond donors (Lipinski definition) is 0. The molecule has 5 rings (SSSR count). The van der Waals surface area contributed by atoms with Crippen LogP contribution in [0.25, 0.3) is 0 Å². The highest BCUT2D eigenvalue weighted by Crippen LogP contribution is 2.32. The largest absolute Gasteiger partial charge is 0.486 e. The second-order valence-electron chi connectivity index (χ2n) is 8.96. The fourth-order valence-electron chi connectivity index (χ4n) is 4.67. The number of anilines is 1. The maximum atomic E-state index is 13.7. The molecule has 3 aromatic rings. The maximum absolute atomic E-state index is 13.7. The summed E-state index contributed by atoms with van der Waals surface area (Å²) in [4.78, 5) is 15.1. The summed E-state index contributed by atoms with van der Waals surface area (Å²) in [5.41, 5.74) is 1.68. The van der Waals surface area contributed by atoms with Crippen molar-refractivity contribution >= 4 is 23.4 Å². The molecule has 1 amide bonds. The van der Waals surface area contributed by atoms with Gasteiger partial charge in [-0.15, -0.1) is 10.2 Å². The predicted molar refractivity (Wildman–Crippen MR) is 132 cm³/mol. The van der Waals surface area contributed by atoms with Gasteiger partial charge in [-0.25, -0.2) is 4.39 Å². The van der Waals surface area contributed by atoms with E-state index in [-0.39, 0.29) is 36.2 Å². The first-order valence-electron chi connectivity index (χ1n) is 12.0. The molecule has 7 nitrogen and oxygen atoms in total. The van der Waals surface area contributed by atoms with Crippen molar-refractivity contribution in [2.45, 2.75) is 63.1 Å². The number of fused-ring (bicyclic) bond motifs is 1. The highest BCUT2D eigenvalue weighted by molar-refractivity contribution is 7.99. The molecule has 2 aromatic carbocycles. The van der Waals surface area contributed by atoms with Crippen molar-refractivity contribution in [2.24, 2.45) is 0 Å². The molecule has 2 atom stereocenters. The van der Waals surface area contributed by atoms with Gasteiger partial charge in [0.25, 0.3) is 0 Å². The fraction of sp³-hybridized carbons (Fsp3) is 0.423. The second kappa shape index (κ2) is 10.8. The molecule has 1 fully saturated rings. The van der Waals surface area contributed by atoms with E-state index in [1.807, 2.05) is 41.8 Å². The number of aromatic nitrogens is 3. The van der Waals surface area contributed by atoms with E-state index in [2.05, 4.69) is 10.2 Å². The molecule has 0 radical (unpaired) electrons. The average Bonchev–Trinajstić information content (AvgIpc) is 3.52. The number of carbonyl (C=O) groups is 1. The molecule has 0 bridgehead atoms. The van der Waals surface area contributed by atoms with Gasteiger partial charge in [0, 0.05) is 18.3 Å². The van der Waals surface area contributed by atoms with Gasteiger partial charge in [0.05, 0.1) is 18.4 Å². The predicted octanol–water partition coefficient (Wildman–Crippen LogP) is 4.64. The van der Waals surface area contributed by atoms with Gasteiger partial charge in [-0.2, -0.15) is 0 Å². The van der Waals surface area contributed by atoms with Gasteiger partial charge in [-0.3, -0.25) is 4.79 Å². The van der Waals surface area contributed by atoms with Crippen LogP contribution in [-0.4, -0.2) is 45.2 Å². The Morgan fingerprint density at radius 2 is 2.06 bits per heavy atom. The third-order valence-electron chi connectivity index (χ3n) is 6.48. The minimum Gasteiger partial charge on any atom is -0.486 e. The minimum absolute atomic E-state index is 0.0242. The van der Waals surface area contributed by atoms with Gasteiger partial charge >= 0.3 is 0 Å². The van der Waals surface area contributed by atoms with Crippen molar-refractivity contribution in [3.8, 4) is 5.75 Å². The third kappa shape index (κ3) is 5.51. The van der Waals surface area contributed by atoms with Gasteiger partial charge in [0.15, 0.2) is 11.0 Å². The number of hydrogen-bond acceptors (Lipinski definition) is 6. The van der Waals surface area contributed by atoms with Crippen LogP contribution in [0, 0.1) is 5.82 Å². The second-order valence-corrected chi connectivity index (χ2v) is 9.90. The highest BCUT2D eigenvalue weighted by Gasteiger charge is 2.29. The van der Waals surface area contributed by atoms with Crippen LogP contribution in [0.4, 0.5) is 10.1 Å². The Morgan fingerprint density at radius 1 is 1.20 bits per heavy atom. The third-order valence-corrected chi connectivity index (χ3v) is 7.43. The summed E-state index contributed by atoms with van der Waals surface area (Å²) >= 11 is 1.37. The van der Waals surface area contributed by atoms with Crippen molar-refractivity contribution in [1.29, 1.82) is 0 Å². The van der Waals surface area contributed by atoms with Crippen molar-refractivity contribution in [3.05, 3.63) is 65.7 Å². The van der Waals surface area contributed by atoms with Crippen LogP contribution in [0.5, 0.6) is 5.75 Å². The normalized spacial score (nSPS) is 19.5. The van der Waals surface area contributed by atoms with Crippen molar-refractivity contribution in [2.75, 3.05) is 17.3 Å². The molecular formula is C26H29FN4O3S. The number of carbonyl (C=O) groups excluding carboxylic acids is 1. The van der Waals surface area contributed by atoms with E-state index in [1.165, 1.54) is 23.9 Å². The number of halogens is 1. The molecule has 1 saturated heterocycles. The number of nitrogens with zero attached hydrogens (tertiary/aromatic N) is 4. The Balaban J connectivity index is 1.31. The molecule has 0 aliphatic carbocycles. The number of thioether (sulfide) groups is 1. The lowest BCUT2D eigenvalue weighted by Gasteiger charge is -2.35. The summed E-state index contributed by atoms with van der Waals surface area (Å²) in [6, 6.07) is 14.3. The van der Waals surface area contributed by atoms with E-state index in [1.54, 1.807) is 11.0 Å². The van der Waals surface area contributed by atoms with Crippen LogP contribution >= 0.6 is 11.8 Å². The number of benzene rings is 2. The molecule has 184 valence electrons. The molecule has 0 unspecified atom stereocenters. The van der Waals surface area contributed by atoms with E-state index in [0.29, 0.717) is 17.5 Å². The monoisotopic (exact) mass is 496 g/mol. The molecule has 0 spiro atoms. The topological polar surface area (TPSA) is 69.5 Å². The summed E-state index contributed by atoms with van der Waals surface area (Å²) in [6.45, 7) is 3.70. The van der Waals surface area contributed by atoms with E-state index in [4.69, 9.17) is 9.47 Å². The van der Waals surface area contributed by atoms with Crippen molar-refractivity contribution in [1.82, 2.24) is 14.8 Å². The highest BCUT2D eigenvalue weighted by atomic mass is 32.2.